The monoisotopic (exact) mass is 170 g/mol. The van der Waals surface area contributed by atoms with Gasteiger partial charge in [0.1, 0.15) is 0 Å². The van der Waals surface area contributed by atoms with Crippen LogP contribution in [0.2, 0.25) is 0 Å². The summed E-state index contributed by atoms with van der Waals surface area (Å²) >= 11 is 0. The first-order chi connectivity index (χ1) is 5.74. The highest BCUT2D eigenvalue weighted by Gasteiger charge is 2.29. The largest absolute Gasteiger partial charge is 0.463 e. The molecular weight excluding hydrogens is 160 g/mol. The van der Waals surface area contributed by atoms with E-state index >= 15 is 0 Å². The highest BCUT2D eigenvalue weighted by atomic mass is 16.6. The molecule has 0 aromatic heterocycles. The van der Waals surface area contributed by atoms with Crippen molar-refractivity contribution in [2.45, 2.75) is 18.9 Å². The van der Waals surface area contributed by atoms with E-state index in [-0.39, 0.29) is 6.42 Å². The topological polar surface area (TPSA) is 52.6 Å². The van der Waals surface area contributed by atoms with Crippen molar-refractivity contribution in [2.24, 2.45) is 0 Å². The molecule has 0 saturated carbocycles. The number of carbonyl (C=O) groups is 2. The van der Waals surface area contributed by atoms with E-state index in [2.05, 4.69) is 11.3 Å². The Morgan fingerprint density at radius 2 is 2.58 bits per heavy atom. The van der Waals surface area contributed by atoms with Gasteiger partial charge in [0.2, 0.25) is 6.10 Å². The van der Waals surface area contributed by atoms with Gasteiger partial charge in [-0.3, -0.25) is 4.79 Å². The van der Waals surface area contributed by atoms with Crippen LogP contribution in [0.5, 0.6) is 0 Å². The molecule has 0 spiro atoms. The van der Waals surface area contributed by atoms with Gasteiger partial charge >= 0.3 is 11.9 Å². The molecule has 0 aromatic rings. The van der Waals surface area contributed by atoms with Crippen LogP contribution in [0.3, 0.4) is 0 Å². The SMILES string of the molecule is C=CCC(=O)OC1CCOC1=O. The number of rotatable bonds is 3. The molecule has 0 amide bonds. The van der Waals surface area contributed by atoms with Crippen LogP contribution < -0.4 is 0 Å². The maximum absolute atomic E-state index is 10.8. The van der Waals surface area contributed by atoms with Gasteiger partial charge < -0.3 is 9.47 Å². The van der Waals surface area contributed by atoms with E-state index in [1.165, 1.54) is 6.08 Å². The summed E-state index contributed by atoms with van der Waals surface area (Å²) in [6.07, 6.45) is 1.33. The first kappa shape index (κ1) is 8.77. The van der Waals surface area contributed by atoms with Gasteiger partial charge in [-0.25, -0.2) is 4.79 Å². The second kappa shape index (κ2) is 3.90. The number of esters is 2. The molecule has 66 valence electrons. The van der Waals surface area contributed by atoms with Gasteiger partial charge in [-0.2, -0.15) is 0 Å². The zero-order chi connectivity index (χ0) is 8.97. The predicted octanol–water partition coefficient (Wildman–Crippen LogP) is 0.421. The molecule has 1 saturated heterocycles. The van der Waals surface area contributed by atoms with Gasteiger partial charge in [-0.05, 0) is 0 Å². The summed E-state index contributed by atoms with van der Waals surface area (Å²) in [5.74, 6) is -0.888. The van der Waals surface area contributed by atoms with Crippen LogP contribution in [0.25, 0.3) is 0 Å². The highest BCUT2D eigenvalue weighted by molar-refractivity contribution is 5.81. The van der Waals surface area contributed by atoms with E-state index in [1.54, 1.807) is 0 Å². The third-order valence-corrected chi connectivity index (χ3v) is 1.47. The van der Waals surface area contributed by atoms with Crippen molar-refractivity contribution in [3.63, 3.8) is 0 Å². The molecule has 1 rings (SSSR count). The fraction of sp³-hybridized carbons (Fsp3) is 0.500. The molecule has 0 aliphatic carbocycles. The van der Waals surface area contributed by atoms with Crippen LogP contribution in [0.4, 0.5) is 0 Å². The molecule has 1 atom stereocenters. The Morgan fingerprint density at radius 1 is 1.83 bits per heavy atom. The number of cyclic esters (lactones) is 1. The molecule has 4 nitrogen and oxygen atoms in total. The van der Waals surface area contributed by atoms with Crippen molar-refractivity contribution in [2.75, 3.05) is 6.61 Å². The van der Waals surface area contributed by atoms with Gasteiger partial charge in [-0.1, -0.05) is 6.08 Å². The number of ether oxygens (including phenoxy) is 2. The predicted molar refractivity (Wildman–Crippen MR) is 40.3 cm³/mol. The minimum absolute atomic E-state index is 0.129. The average Bonchev–Trinajstić information content (AvgIpc) is 2.37. The first-order valence-corrected chi connectivity index (χ1v) is 3.71. The van der Waals surface area contributed by atoms with Crippen molar-refractivity contribution in [1.82, 2.24) is 0 Å². The van der Waals surface area contributed by atoms with Crippen molar-refractivity contribution < 1.29 is 19.1 Å². The zero-order valence-electron chi connectivity index (χ0n) is 6.62. The summed E-state index contributed by atoms with van der Waals surface area (Å²) < 4.78 is 9.38. The van der Waals surface area contributed by atoms with Crippen molar-refractivity contribution >= 4 is 11.9 Å². The van der Waals surface area contributed by atoms with Crippen molar-refractivity contribution in [1.29, 1.82) is 0 Å². The summed E-state index contributed by atoms with van der Waals surface area (Å²) in [6.45, 7) is 3.72. The van der Waals surface area contributed by atoms with Gasteiger partial charge in [0.05, 0.1) is 13.0 Å². The van der Waals surface area contributed by atoms with Crippen LogP contribution in [0.1, 0.15) is 12.8 Å². The normalized spacial score (nSPS) is 21.7. The molecule has 0 N–H and O–H groups in total. The van der Waals surface area contributed by atoms with Crippen LogP contribution in [0, 0.1) is 0 Å². The Hall–Kier alpha value is -1.32. The lowest BCUT2D eigenvalue weighted by Gasteiger charge is -2.05. The molecule has 12 heavy (non-hydrogen) atoms. The van der Waals surface area contributed by atoms with E-state index < -0.39 is 18.0 Å². The molecule has 0 aromatic carbocycles. The number of hydrogen-bond acceptors (Lipinski definition) is 4. The van der Waals surface area contributed by atoms with Crippen LogP contribution in [0.15, 0.2) is 12.7 Å². The molecule has 1 aliphatic heterocycles. The van der Waals surface area contributed by atoms with E-state index in [9.17, 15) is 9.59 Å². The quantitative estimate of drug-likeness (QED) is 0.455. The second-order valence-corrected chi connectivity index (χ2v) is 2.43. The van der Waals surface area contributed by atoms with Gasteiger partial charge in [0, 0.05) is 6.42 Å². The summed E-state index contributed by atoms with van der Waals surface area (Å²) in [5.41, 5.74) is 0. The van der Waals surface area contributed by atoms with E-state index in [1.807, 2.05) is 0 Å². The fourth-order valence-electron chi connectivity index (χ4n) is 0.909. The first-order valence-electron chi connectivity index (χ1n) is 3.71. The Morgan fingerprint density at radius 3 is 3.08 bits per heavy atom. The lowest BCUT2D eigenvalue weighted by molar-refractivity contribution is -0.159. The van der Waals surface area contributed by atoms with E-state index in [0.29, 0.717) is 13.0 Å². The molecular formula is C8H10O4. The maximum Gasteiger partial charge on any atom is 0.347 e. The standard InChI is InChI=1S/C8H10O4/c1-2-3-7(9)12-6-4-5-11-8(6)10/h2,6H,1,3-5H2. The summed E-state index contributed by atoms with van der Waals surface area (Å²) in [6, 6.07) is 0. The number of carbonyl (C=O) groups excluding carboxylic acids is 2. The Bertz CT molecular complexity index is 209. The maximum atomic E-state index is 10.8. The summed E-state index contributed by atoms with van der Waals surface area (Å²) in [7, 11) is 0. The van der Waals surface area contributed by atoms with Crippen LogP contribution in [-0.4, -0.2) is 24.6 Å². The highest BCUT2D eigenvalue weighted by Crippen LogP contribution is 2.10. The van der Waals surface area contributed by atoms with Crippen LogP contribution >= 0.6 is 0 Å². The lowest BCUT2D eigenvalue weighted by atomic mass is 10.3. The number of hydrogen-bond donors (Lipinski definition) is 0. The van der Waals surface area contributed by atoms with Crippen molar-refractivity contribution in [3.8, 4) is 0 Å². The zero-order valence-corrected chi connectivity index (χ0v) is 6.62. The lowest BCUT2D eigenvalue weighted by Crippen LogP contribution is -2.22. The van der Waals surface area contributed by atoms with Gasteiger partial charge in [-0.15, -0.1) is 6.58 Å². The van der Waals surface area contributed by atoms with E-state index in [4.69, 9.17) is 4.74 Å². The molecule has 1 heterocycles. The summed E-state index contributed by atoms with van der Waals surface area (Å²) in [5, 5.41) is 0. The molecule has 1 aliphatic rings. The Labute approximate surface area is 70.1 Å². The third-order valence-electron chi connectivity index (χ3n) is 1.47. The van der Waals surface area contributed by atoms with Crippen molar-refractivity contribution in [3.05, 3.63) is 12.7 Å². The van der Waals surface area contributed by atoms with Gasteiger partial charge in [0.15, 0.2) is 0 Å². The molecule has 0 bridgehead atoms. The minimum atomic E-state index is -0.697. The molecule has 0 radical (unpaired) electrons. The Balaban J connectivity index is 2.34. The Kier molecular flexibility index (Phi) is 2.85. The van der Waals surface area contributed by atoms with Gasteiger partial charge in [0.25, 0.3) is 0 Å². The molecule has 4 heteroatoms. The fourth-order valence-corrected chi connectivity index (χ4v) is 0.909. The molecule has 1 unspecified atom stereocenters. The van der Waals surface area contributed by atoms with Crippen LogP contribution in [-0.2, 0) is 19.1 Å². The summed E-state index contributed by atoms with van der Waals surface area (Å²) in [4.78, 5) is 21.6. The average molecular weight is 170 g/mol. The third kappa shape index (κ3) is 2.08. The second-order valence-electron chi connectivity index (χ2n) is 2.43. The molecule has 1 fully saturated rings. The minimum Gasteiger partial charge on any atom is -0.463 e. The van der Waals surface area contributed by atoms with E-state index in [0.717, 1.165) is 0 Å². The smallest absolute Gasteiger partial charge is 0.347 e.